The molecule has 27 heavy (non-hydrogen) atoms. The second-order valence-electron chi connectivity index (χ2n) is 10.7. The van der Waals surface area contributed by atoms with Crippen LogP contribution < -0.4 is 0 Å². The van der Waals surface area contributed by atoms with Crippen LogP contribution in [0.3, 0.4) is 0 Å². The fourth-order valence-corrected chi connectivity index (χ4v) is 7.10. The summed E-state index contributed by atoms with van der Waals surface area (Å²) in [6.45, 7) is 15.4. The van der Waals surface area contributed by atoms with Gasteiger partial charge in [0, 0.05) is 22.2 Å². The van der Waals surface area contributed by atoms with E-state index < -0.39 is 37.5 Å². The van der Waals surface area contributed by atoms with Crippen molar-refractivity contribution in [1.82, 2.24) is 10.1 Å². The topological polar surface area (TPSA) is 90.3 Å². The SMILES string of the molecule is COS(=O)(=O)C(CC1CC(C)(C)N(O)C1(C)C)C1CC(C)(C)N(O)C1(C)C. The maximum absolute atomic E-state index is 12.9. The van der Waals surface area contributed by atoms with E-state index in [-0.39, 0.29) is 11.8 Å². The van der Waals surface area contributed by atoms with Crippen molar-refractivity contribution < 1.29 is 23.0 Å². The van der Waals surface area contributed by atoms with Gasteiger partial charge in [-0.15, -0.1) is 0 Å². The molecular formula is C19H38N2O5S. The number of hydrogen-bond donors (Lipinski definition) is 2. The molecule has 2 fully saturated rings. The van der Waals surface area contributed by atoms with Gasteiger partial charge in [0.15, 0.2) is 0 Å². The Labute approximate surface area is 164 Å². The molecule has 3 unspecified atom stereocenters. The van der Waals surface area contributed by atoms with E-state index in [1.807, 2.05) is 55.4 Å². The van der Waals surface area contributed by atoms with Gasteiger partial charge in [-0.25, -0.2) is 0 Å². The van der Waals surface area contributed by atoms with Gasteiger partial charge in [0.05, 0.1) is 12.4 Å². The van der Waals surface area contributed by atoms with E-state index in [9.17, 15) is 18.8 Å². The summed E-state index contributed by atoms with van der Waals surface area (Å²) in [5, 5.41) is 23.2. The third-order valence-corrected chi connectivity index (χ3v) is 8.91. The van der Waals surface area contributed by atoms with E-state index >= 15 is 0 Å². The maximum atomic E-state index is 12.9. The highest BCUT2D eigenvalue weighted by Crippen LogP contribution is 2.51. The van der Waals surface area contributed by atoms with Crippen molar-refractivity contribution in [1.29, 1.82) is 0 Å². The lowest BCUT2D eigenvalue weighted by molar-refractivity contribution is -0.199. The lowest BCUT2D eigenvalue weighted by atomic mass is 9.77. The lowest BCUT2D eigenvalue weighted by Gasteiger charge is -2.40. The van der Waals surface area contributed by atoms with Gasteiger partial charge in [0.2, 0.25) is 0 Å². The molecule has 0 saturated carbocycles. The van der Waals surface area contributed by atoms with Crippen LogP contribution in [0, 0.1) is 11.8 Å². The quantitative estimate of drug-likeness (QED) is 0.677. The summed E-state index contributed by atoms with van der Waals surface area (Å²) in [4.78, 5) is 0. The van der Waals surface area contributed by atoms with Gasteiger partial charge in [-0.1, -0.05) is 0 Å². The molecule has 0 spiro atoms. The van der Waals surface area contributed by atoms with Crippen LogP contribution in [0.1, 0.15) is 74.7 Å². The molecule has 2 aliphatic rings. The van der Waals surface area contributed by atoms with Crippen molar-refractivity contribution in [3.63, 3.8) is 0 Å². The van der Waals surface area contributed by atoms with Crippen molar-refractivity contribution in [2.75, 3.05) is 7.11 Å². The minimum atomic E-state index is -3.82. The van der Waals surface area contributed by atoms with Crippen LogP contribution in [-0.2, 0) is 14.3 Å². The molecule has 0 aliphatic carbocycles. The molecule has 7 nitrogen and oxygen atoms in total. The van der Waals surface area contributed by atoms with E-state index in [0.29, 0.717) is 19.3 Å². The smallest absolute Gasteiger partial charge is 0.270 e. The highest BCUT2D eigenvalue weighted by molar-refractivity contribution is 7.87. The molecule has 0 aromatic rings. The van der Waals surface area contributed by atoms with Crippen molar-refractivity contribution in [2.24, 2.45) is 11.8 Å². The fourth-order valence-electron chi connectivity index (χ4n) is 5.55. The lowest BCUT2D eigenvalue weighted by Crippen LogP contribution is -2.51. The normalized spacial score (nSPS) is 34.0. The fraction of sp³-hybridized carbons (Fsp3) is 1.00. The largest absolute Gasteiger partial charge is 0.313 e. The monoisotopic (exact) mass is 406 g/mol. The molecule has 0 radical (unpaired) electrons. The third kappa shape index (κ3) is 3.69. The molecule has 3 atom stereocenters. The minimum absolute atomic E-state index is 0.0286. The zero-order valence-electron chi connectivity index (χ0n) is 18.3. The summed E-state index contributed by atoms with van der Waals surface area (Å²) < 4.78 is 30.8. The highest BCUT2D eigenvalue weighted by Gasteiger charge is 2.59. The van der Waals surface area contributed by atoms with Crippen LogP contribution in [0.25, 0.3) is 0 Å². The Morgan fingerprint density at radius 1 is 0.926 bits per heavy atom. The molecule has 2 heterocycles. The number of hydrogen-bond acceptors (Lipinski definition) is 7. The maximum Gasteiger partial charge on any atom is 0.270 e. The Bertz CT molecular complexity index is 672. The van der Waals surface area contributed by atoms with Gasteiger partial charge < -0.3 is 10.4 Å². The van der Waals surface area contributed by atoms with Crippen molar-refractivity contribution in [3.05, 3.63) is 0 Å². The summed E-state index contributed by atoms with van der Waals surface area (Å²) in [6, 6.07) is 0. The van der Waals surface area contributed by atoms with E-state index in [2.05, 4.69) is 0 Å². The van der Waals surface area contributed by atoms with Crippen LogP contribution in [0.5, 0.6) is 0 Å². The van der Waals surface area contributed by atoms with Crippen LogP contribution in [0.2, 0.25) is 0 Å². The Balaban J connectivity index is 2.44. The Morgan fingerprint density at radius 2 is 1.37 bits per heavy atom. The van der Waals surface area contributed by atoms with E-state index in [1.165, 1.54) is 17.2 Å². The first-order valence-corrected chi connectivity index (χ1v) is 11.2. The second-order valence-corrected chi connectivity index (χ2v) is 12.6. The first kappa shape index (κ1) is 23.0. The predicted molar refractivity (Wildman–Crippen MR) is 104 cm³/mol. The average Bonchev–Trinajstić information content (AvgIpc) is 2.78. The molecule has 0 aromatic heterocycles. The molecule has 160 valence electrons. The van der Waals surface area contributed by atoms with Crippen LogP contribution >= 0.6 is 0 Å². The summed E-state index contributed by atoms with van der Waals surface area (Å²) in [6.07, 6.45) is 1.61. The van der Waals surface area contributed by atoms with Crippen molar-refractivity contribution >= 4 is 10.1 Å². The Kier molecular flexibility index (Phi) is 5.66. The summed E-state index contributed by atoms with van der Waals surface area (Å²) >= 11 is 0. The summed E-state index contributed by atoms with van der Waals surface area (Å²) in [5.74, 6) is -0.326. The van der Waals surface area contributed by atoms with Gasteiger partial charge in [-0.2, -0.15) is 18.5 Å². The first-order chi connectivity index (χ1) is 11.9. The molecule has 0 amide bonds. The molecular weight excluding hydrogens is 368 g/mol. The minimum Gasteiger partial charge on any atom is -0.313 e. The van der Waals surface area contributed by atoms with Crippen LogP contribution in [-0.4, -0.2) is 63.5 Å². The molecule has 2 saturated heterocycles. The zero-order valence-corrected chi connectivity index (χ0v) is 19.1. The summed E-state index contributed by atoms with van der Waals surface area (Å²) in [7, 11) is -2.62. The van der Waals surface area contributed by atoms with Crippen molar-refractivity contribution in [3.8, 4) is 0 Å². The molecule has 2 aliphatic heterocycles. The Morgan fingerprint density at radius 3 is 1.70 bits per heavy atom. The van der Waals surface area contributed by atoms with Crippen LogP contribution in [0.4, 0.5) is 0 Å². The molecule has 8 heteroatoms. The van der Waals surface area contributed by atoms with Gasteiger partial charge in [-0.3, -0.25) is 4.18 Å². The van der Waals surface area contributed by atoms with E-state index in [0.717, 1.165) is 0 Å². The first-order valence-electron chi connectivity index (χ1n) is 9.69. The zero-order chi connectivity index (χ0) is 21.2. The molecule has 0 bridgehead atoms. The predicted octanol–water partition coefficient (Wildman–Crippen LogP) is 3.26. The van der Waals surface area contributed by atoms with Crippen molar-refractivity contribution in [2.45, 2.75) is 102 Å². The van der Waals surface area contributed by atoms with Crippen LogP contribution in [0.15, 0.2) is 0 Å². The standard InChI is InChI=1S/C19H38N2O5S/c1-16(2)11-13(18(5,6)20(16)22)10-15(27(24,25)26-9)14-12-17(3,4)21(23)19(14,7)8/h13-15,22-23H,10-12H2,1-9H3. The van der Waals surface area contributed by atoms with Gasteiger partial charge in [-0.05, 0) is 86.5 Å². The number of hydroxylamine groups is 4. The molecule has 0 aromatic carbocycles. The summed E-state index contributed by atoms with van der Waals surface area (Å²) in [5.41, 5.74) is -2.22. The average molecular weight is 407 g/mol. The van der Waals surface area contributed by atoms with E-state index in [4.69, 9.17) is 4.18 Å². The molecule has 2 rings (SSSR count). The number of rotatable bonds is 5. The van der Waals surface area contributed by atoms with Gasteiger partial charge in [0.1, 0.15) is 0 Å². The third-order valence-electron chi connectivity index (χ3n) is 7.18. The highest BCUT2D eigenvalue weighted by atomic mass is 32.2. The van der Waals surface area contributed by atoms with Gasteiger partial charge in [0.25, 0.3) is 10.1 Å². The molecule has 2 N–H and O–H groups in total. The second kappa shape index (κ2) is 6.64. The Hall–Kier alpha value is -0.250. The number of nitrogens with zero attached hydrogens (tertiary/aromatic N) is 2. The van der Waals surface area contributed by atoms with Gasteiger partial charge >= 0.3 is 0 Å². The van der Waals surface area contributed by atoms with E-state index in [1.54, 1.807) is 0 Å².